The van der Waals surface area contributed by atoms with Gasteiger partial charge in [0.05, 0.1) is 11.4 Å². The zero-order valence-electron chi connectivity index (χ0n) is 12.7. The topological polar surface area (TPSA) is 63.1 Å². The van der Waals surface area contributed by atoms with Crippen LogP contribution in [0.15, 0.2) is 48.8 Å². The second kappa shape index (κ2) is 8.02. The van der Waals surface area contributed by atoms with Crippen molar-refractivity contribution in [3.63, 3.8) is 0 Å². The number of carbonyl (C=O) groups excluding carboxylic acids is 2. The van der Waals surface area contributed by atoms with Crippen LogP contribution in [-0.4, -0.2) is 22.9 Å². The highest BCUT2D eigenvalue weighted by Crippen LogP contribution is 2.20. The van der Waals surface area contributed by atoms with Crippen LogP contribution in [0, 0.1) is 0 Å². The van der Waals surface area contributed by atoms with E-state index in [4.69, 9.17) is 0 Å². The van der Waals surface area contributed by atoms with Crippen molar-refractivity contribution in [1.29, 1.82) is 0 Å². The van der Waals surface area contributed by atoms with Gasteiger partial charge in [0.15, 0.2) is 0 Å². The van der Waals surface area contributed by atoms with E-state index in [-0.39, 0.29) is 11.8 Å². The minimum Gasteiger partial charge on any atom is -0.356 e. The van der Waals surface area contributed by atoms with Crippen molar-refractivity contribution in [2.24, 2.45) is 0 Å². The van der Waals surface area contributed by atoms with E-state index >= 15 is 0 Å². The fourth-order valence-electron chi connectivity index (χ4n) is 2.19. The van der Waals surface area contributed by atoms with Crippen LogP contribution < -0.4 is 10.6 Å². The molecule has 0 saturated carbocycles. The van der Waals surface area contributed by atoms with Gasteiger partial charge in [0.25, 0.3) is 0 Å². The van der Waals surface area contributed by atoms with E-state index in [9.17, 15) is 9.59 Å². The van der Waals surface area contributed by atoms with Crippen LogP contribution in [0.2, 0.25) is 0 Å². The lowest BCUT2D eigenvalue weighted by molar-refractivity contribution is -0.119. The normalized spacial score (nSPS) is 10.2. The number of nitrogens with one attached hydrogen (secondary N) is 2. The molecule has 1 aromatic heterocycles. The fourth-order valence-corrected chi connectivity index (χ4v) is 2.19. The Morgan fingerprint density at radius 2 is 1.77 bits per heavy atom. The van der Waals surface area contributed by atoms with Crippen molar-refractivity contribution in [2.45, 2.75) is 26.2 Å². The van der Waals surface area contributed by atoms with Crippen LogP contribution in [0.4, 0.5) is 5.69 Å². The lowest BCUT2D eigenvalue weighted by atomic mass is 10.2. The summed E-state index contributed by atoms with van der Waals surface area (Å²) in [5.74, 6) is -0.0486. The van der Waals surface area contributed by atoms with Crippen molar-refractivity contribution in [3.8, 4) is 5.69 Å². The number of benzene rings is 1. The van der Waals surface area contributed by atoms with E-state index in [2.05, 4.69) is 10.6 Å². The van der Waals surface area contributed by atoms with Gasteiger partial charge in [-0.05, 0) is 37.1 Å². The highest BCUT2D eigenvalue weighted by Gasteiger charge is 2.07. The largest absolute Gasteiger partial charge is 0.356 e. The standard InChI is InChI=1S/C17H21N3O2/c1-14(21)18-11-5-4-10-17(22)19-15-8-2-3-9-16(15)20-12-6-7-13-20/h2-3,6-9,12-13H,4-5,10-11H2,1H3,(H,18,21)(H,19,22). The summed E-state index contributed by atoms with van der Waals surface area (Å²) < 4.78 is 1.96. The second-order valence-corrected chi connectivity index (χ2v) is 5.10. The Bertz CT molecular complexity index is 621. The molecule has 0 unspecified atom stereocenters. The first-order valence-corrected chi connectivity index (χ1v) is 7.43. The Balaban J connectivity index is 1.86. The minimum absolute atomic E-state index is 0.0116. The van der Waals surface area contributed by atoms with E-state index < -0.39 is 0 Å². The summed E-state index contributed by atoms with van der Waals surface area (Å²) in [7, 11) is 0. The Labute approximate surface area is 130 Å². The first-order valence-electron chi connectivity index (χ1n) is 7.43. The number of aromatic nitrogens is 1. The molecule has 2 aromatic rings. The van der Waals surface area contributed by atoms with Gasteiger partial charge in [-0.25, -0.2) is 0 Å². The third-order valence-electron chi connectivity index (χ3n) is 3.27. The van der Waals surface area contributed by atoms with Crippen LogP contribution in [-0.2, 0) is 9.59 Å². The van der Waals surface area contributed by atoms with E-state index in [0.29, 0.717) is 13.0 Å². The summed E-state index contributed by atoms with van der Waals surface area (Å²) in [6, 6.07) is 11.6. The zero-order chi connectivity index (χ0) is 15.8. The predicted octanol–water partition coefficient (Wildman–Crippen LogP) is 2.72. The summed E-state index contributed by atoms with van der Waals surface area (Å²) in [4.78, 5) is 22.8. The number of anilines is 1. The highest BCUT2D eigenvalue weighted by molar-refractivity contribution is 5.92. The van der Waals surface area contributed by atoms with Crippen LogP contribution in [0.3, 0.4) is 0 Å². The third-order valence-corrected chi connectivity index (χ3v) is 3.27. The summed E-state index contributed by atoms with van der Waals surface area (Å²) in [5.41, 5.74) is 1.74. The lowest BCUT2D eigenvalue weighted by Gasteiger charge is -2.12. The SMILES string of the molecule is CC(=O)NCCCCC(=O)Nc1ccccc1-n1cccc1. The van der Waals surface area contributed by atoms with E-state index in [1.807, 2.05) is 53.4 Å². The van der Waals surface area contributed by atoms with Gasteiger partial charge in [-0.3, -0.25) is 9.59 Å². The van der Waals surface area contributed by atoms with Crippen LogP contribution in [0.1, 0.15) is 26.2 Å². The van der Waals surface area contributed by atoms with E-state index in [0.717, 1.165) is 24.2 Å². The molecule has 2 amide bonds. The molecule has 22 heavy (non-hydrogen) atoms. The maximum absolute atomic E-state index is 12.0. The van der Waals surface area contributed by atoms with Crippen LogP contribution in [0.5, 0.6) is 0 Å². The molecule has 0 fully saturated rings. The Hall–Kier alpha value is -2.56. The van der Waals surface area contributed by atoms with Crippen molar-refractivity contribution < 1.29 is 9.59 Å². The summed E-state index contributed by atoms with van der Waals surface area (Å²) in [6.45, 7) is 2.10. The molecule has 0 atom stereocenters. The van der Waals surface area contributed by atoms with Crippen molar-refractivity contribution >= 4 is 17.5 Å². The number of unbranched alkanes of at least 4 members (excludes halogenated alkanes) is 1. The van der Waals surface area contributed by atoms with Crippen LogP contribution in [0.25, 0.3) is 5.69 Å². The first-order chi connectivity index (χ1) is 10.7. The number of para-hydroxylation sites is 2. The Morgan fingerprint density at radius 1 is 1.05 bits per heavy atom. The second-order valence-electron chi connectivity index (χ2n) is 5.10. The van der Waals surface area contributed by atoms with Gasteiger partial charge >= 0.3 is 0 Å². The molecule has 1 aromatic carbocycles. The van der Waals surface area contributed by atoms with Gasteiger partial charge in [-0.2, -0.15) is 0 Å². The molecule has 0 radical (unpaired) electrons. The monoisotopic (exact) mass is 299 g/mol. The van der Waals surface area contributed by atoms with E-state index in [1.165, 1.54) is 6.92 Å². The average molecular weight is 299 g/mol. The number of amides is 2. The molecular weight excluding hydrogens is 278 g/mol. The van der Waals surface area contributed by atoms with Gasteiger partial charge in [0.1, 0.15) is 0 Å². The molecule has 1 heterocycles. The summed E-state index contributed by atoms with van der Waals surface area (Å²) >= 11 is 0. The molecular formula is C17H21N3O2. The average Bonchev–Trinajstić information content (AvgIpc) is 3.01. The molecule has 0 bridgehead atoms. The molecule has 2 rings (SSSR count). The van der Waals surface area contributed by atoms with Gasteiger partial charge in [0, 0.05) is 32.3 Å². The summed E-state index contributed by atoms with van der Waals surface area (Å²) in [6.07, 6.45) is 5.88. The minimum atomic E-state index is -0.0369. The van der Waals surface area contributed by atoms with Gasteiger partial charge in [-0.15, -0.1) is 0 Å². The predicted molar refractivity (Wildman–Crippen MR) is 86.9 cm³/mol. The lowest BCUT2D eigenvalue weighted by Crippen LogP contribution is -2.21. The number of carbonyl (C=O) groups is 2. The first kappa shape index (κ1) is 15.8. The Kier molecular flexibility index (Phi) is 5.77. The molecule has 2 N–H and O–H groups in total. The number of nitrogens with zero attached hydrogens (tertiary/aromatic N) is 1. The molecule has 0 spiro atoms. The smallest absolute Gasteiger partial charge is 0.224 e. The highest BCUT2D eigenvalue weighted by atomic mass is 16.2. The molecule has 5 heteroatoms. The molecule has 0 aliphatic heterocycles. The van der Waals surface area contributed by atoms with Crippen molar-refractivity contribution in [3.05, 3.63) is 48.8 Å². The quantitative estimate of drug-likeness (QED) is 0.772. The maximum atomic E-state index is 12.0. The van der Waals surface area contributed by atoms with Gasteiger partial charge < -0.3 is 15.2 Å². The molecule has 116 valence electrons. The zero-order valence-corrected chi connectivity index (χ0v) is 12.7. The van der Waals surface area contributed by atoms with E-state index in [1.54, 1.807) is 0 Å². The van der Waals surface area contributed by atoms with Gasteiger partial charge in [0.2, 0.25) is 11.8 Å². The maximum Gasteiger partial charge on any atom is 0.224 e. The Morgan fingerprint density at radius 3 is 2.50 bits per heavy atom. The molecule has 0 aliphatic rings. The van der Waals surface area contributed by atoms with Crippen molar-refractivity contribution in [2.75, 3.05) is 11.9 Å². The van der Waals surface area contributed by atoms with Gasteiger partial charge in [-0.1, -0.05) is 12.1 Å². The molecule has 0 saturated heterocycles. The van der Waals surface area contributed by atoms with Crippen LogP contribution >= 0.6 is 0 Å². The number of hydrogen-bond acceptors (Lipinski definition) is 2. The molecule has 0 aliphatic carbocycles. The number of hydrogen-bond donors (Lipinski definition) is 2. The summed E-state index contributed by atoms with van der Waals surface area (Å²) in [5, 5.41) is 5.67. The number of rotatable bonds is 7. The third kappa shape index (κ3) is 4.77. The fraction of sp³-hybridized carbons (Fsp3) is 0.294. The molecule has 5 nitrogen and oxygen atoms in total. The van der Waals surface area contributed by atoms with Crippen molar-refractivity contribution in [1.82, 2.24) is 9.88 Å².